The third-order valence-electron chi connectivity index (χ3n) is 5.60. The summed E-state index contributed by atoms with van der Waals surface area (Å²) >= 11 is 0. The van der Waals surface area contributed by atoms with Crippen LogP contribution < -0.4 is 0 Å². The first-order valence-electron chi connectivity index (χ1n) is 12.3. The van der Waals surface area contributed by atoms with Crippen LogP contribution in [0.3, 0.4) is 0 Å². The van der Waals surface area contributed by atoms with Gasteiger partial charge in [0.2, 0.25) is 0 Å². The van der Waals surface area contributed by atoms with E-state index in [0.717, 1.165) is 19.3 Å². The molecule has 0 aromatic heterocycles. The number of carbonyl (C=O) groups is 1. The summed E-state index contributed by atoms with van der Waals surface area (Å²) in [5, 5.41) is 37.1. The zero-order chi connectivity index (χ0) is 22.5. The van der Waals surface area contributed by atoms with Gasteiger partial charge >= 0.3 is 5.97 Å². The third-order valence-corrected chi connectivity index (χ3v) is 5.60. The Morgan fingerprint density at radius 3 is 1.53 bits per heavy atom. The van der Waals surface area contributed by atoms with Crippen molar-refractivity contribution in [2.45, 2.75) is 134 Å². The molecule has 0 aromatic rings. The van der Waals surface area contributed by atoms with Crippen LogP contribution in [-0.2, 0) is 9.53 Å². The normalized spacial score (nSPS) is 14.4. The van der Waals surface area contributed by atoms with Crippen molar-refractivity contribution in [3.05, 3.63) is 0 Å². The van der Waals surface area contributed by atoms with Gasteiger partial charge in [0.05, 0.1) is 19.3 Å². The molecule has 0 saturated heterocycles. The monoisotopic (exact) mass is 432 g/mol. The molecular formula is C24H48O6. The smallest absolute Gasteiger partial charge is 0.306 e. The Labute approximate surface area is 184 Å². The molecule has 4 N–H and O–H groups in total. The SMILES string of the molecule is CCCCCCCCCCCCCCCCCC(=O)OC(CC(O)CO)C(O)CO. The van der Waals surface area contributed by atoms with E-state index in [1.807, 2.05) is 0 Å². The van der Waals surface area contributed by atoms with Crippen molar-refractivity contribution in [3.8, 4) is 0 Å². The molecule has 6 nitrogen and oxygen atoms in total. The Kier molecular flexibility index (Phi) is 21.0. The number of hydrogen-bond acceptors (Lipinski definition) is 6. The van der Waals surface area contributed by atoms with Crippen LogP contribution >= 0.6 is 0 Å². The van der Waals surface area contributed by atoms with Crippen molar-refractivity contribution >= 4 is 5.97 Å². The van der Waals surface area contributed by atoms with E-state index in [9.17, 15) is 15.0 Å². The van der Waals surface area contributed by atoms with E-state index < -0.39 is 37.5 Å². The summed E-state index contributed by atoms with van der Waals surface area (Å²) in [6.45, 7) is 1.21. The fourth-order valence-corrected chi connectivity index (χ4v) is 3.61. The molecule has 0 amide bonds. The molecule has 0 radical (unpaired) electrons. The van der Waals surface area contributed by atoms with Gasteiger partial charge in [0, 0.05) is 12.8 Å². The van der Waals surface area contributed by atoms with E-state index in [4.69, 9.17) is 14.9 Å². The lowest BCUT2D eigenvalue weighted by Crippen LogP contribution is -2.37. The fourth-order valence-electron chi connectivity index (χ4n) is 3.61. The van der Waals surface area contributed by atoms with Gasteiger partial charge in [0.25, 0.3) is 0 Å². The summed E-state index contributed by atoms with van der Waals surface area (Å²) in [7, 11) is 0. The summed E-state index contributed by atoms with van der Waals surface area (Å²) in [4.78, 5) is 11.9. The predicted octanol–water partition coefficient (Wildman–Crippen LogP) is 4.26. The molecule has 3 unspecified atom stereocenters. The Hall–Kier alpha value is -0.690. The van der Waals surface area contributed by atoms with Gasteiger partial charge in [-0.2, -0.15) is 0 Å². The van der Waals surface area contributed by atoms with Crippen molar-refractivity contribution in [3.63, 3.8) is 0 Å². The molecule has 0 spiro atoms. The van der Waals surface area contributed by atoms with Crippen LogP contribution in [-0.4, -0.2) is 57.9 Å². The minimum absolute atomic E-state index is 0.0944. The second kappa shape index (κ2) is 21.5. The third kappa shape index (κ3) is 18.1. The number of aliphatic hydroxyl groups is 4. The van der Waals surface area contributed by atoms with Gasteiger partial charge in [-0.05, 0) is 6.42 Å². The van der Waals surface area contributed by atoms with Crippen LogP contribution in [0.1, 0.15) is 116 Å². The zero-order valence-corrected chi connectivity index (χ0v) is 19.3. The molecule has 6 heteroatoms. The summed E-state index contributed by atoms with van der Waals surface area (Å²) < 4.78 is 5.17. The second-order valence-electron chi connectivity index (χ2n) is 8.55. The summed E-state index contributed by atoms with van der Waals surface area (Å²) in [5.74, 6) is -0.438. The van der Waals surface area contributed by atoms with Crippen molar-refractivity contribution in [1.82, 2.24) is 0 Å². The molecule has 0 saturated carbocycles. The van der Waals surface area contributed by atoms with E-state index >= 15 is 0 Å². The lowest BCUT2D eigenvalue weighted by molar-refractivity contribution is -0.159. The lowest BCUT2D eigenvalue weighted by Gasteiger charge is -2.23. The minimum Gasteiger partial charge on any atom is -0.459 e. The number of rotatable bonds is 22. The molecule has 3 atom stereocenters. The number of carbonyl (C=O) groups excluding carboxylic acids is 1. The van der Waals surface area contributed by atoms with Crippen LogP contribution in [0.2, 0.25) is 0 Å². The fraction of sp³-hybridized carbons (Fsp3) is 0.958. The molecule has 0 aliphatic carbocycles. The van der Waals surface area contributed by atoms with Gasteiger partial charge in [-0.15, -0.1) is 0 Å². The van der Waals surface area contributed by atoms with Gasteiger partial charge in [-0.3, -0.25) is 4.79 Å². The van der Waals surface area contributed by atoms with Crippen molar-refractivity contribution in [2.75, 3.05) is 13.2 Å². The van der Waals surface area contributed by atoms with E-state index in [2.05, 4.69) is 6.92 Å². The largest absolute Gasteiger partial charge is 0.459 e. The maximum Gasteiger partial charge on any atom is 0.306 e. The van der Waals surface area contributed by atoms with E-state index in [1.54, 1.807) is 0 Å². The van der Waals surface area contributed by atoms with Crippen molar-refractivity contribution in [1.29, 1.82) is 0 Å². The molecule has 0 aromatic carbocycles. The first-order valence-corrected chi connectivity index (χ1v) is 12.3. The molecule has 0 fully saturated rings. The zero-order valence-electron chi connectivity index (χ0n) is 19.3. The van der Waals surface area contributed by atoms with Crippen LogP contribution in [0.4, 0.5) is 0 Å². The van der Waals surface area contributed by atoms with Crippen molar-refractivity contribution in [2.24, 2.45) is 0 Å². The molecule has 0 heterocycles. The molecule has 0 bridgehead atoms. The highest BCUT2D eigenvalue weighted by atomic mass is 16.6. The van der Waals surface area contributed by atoms with Crippen LogP contribution in [0.25, 0.3) is 0 Å². The summed E-state index contributed by atoms with van der Waals surface area (Å²) in [6.07, 6.45) is 15.7. The molecule has 0 aliphatic heterocycles. The molecule has 180 valence electrons. The average Bonchev–Trinajstić information content (AvgIpc) is 2.75. The Balaban J connectivity index is 3.55. The van der Waals surface area contributed by atoms with Crippen LogP contribution in [0.5, 0.6) is 0 Å². The van der Waals surface area contributed by atoms with E-state index in [1.165, 1.54) is 77.0 Å². The first kappa shape index (κ1) is 29.3. The number of unbranched alkanes of at least 4 members (excludes halogenated alkanes) is 14. The highest BCUT2D eigenvalue weighted by Gasteiger charge is 2.25. The van der Waals surface area contributed by atoms with Gasteiger partial charge in [0.15, 0.2) is 0 Å². The molecule has 30 heavy (non-hydrogen) atoms. The van der Waals surface area contributed by atoms with Crippen LogP contribution in [0, 0.1) is 0 Å². The van der Waals surface area contributed by atoms with Crippen molar-refractivity contribution < 1.29 is 30.0 Å². The van der Waals surface area contributed by atoms with Gasteiger partial charge in [0.1, 0.15) is 12.2 Å². The second-order valence-corrected chi connectivity index (χ2v) is 8.55. The van der Waals surface area contributed by atoms with Gasteiger partial charge < -0.3 is 25.2 Å². The minimum atomic E-state index is -1.25. The predicted molar refractivity (Wildman–Crippen MR) is 120 cm³/mol. The molecule has 0 rings (SSSR count). The van der Waals surface area contributed by atoms with Gasteiger partial charge in [-0.1, -0.05) is 96.8 Å². The quantitative estimate of drug-likeness (QED) is 0.150. The average molecular weight is 433 g/mol. The Bertz CT molecular complexity index is 377. The number of hydrogen-bond donors (Lipinski definition) is 4. The summed E-state index contributed by atoms with van der Waals surface area (Å²) in [5.41, 5.74) is 0. The Morgan fingerprint density at radius 1 is 0.700 bits per heavy atom. The lowest BCUT2D eigenvalue weighted by atomic mass is 10.0. The maximum absolute atomic E-state index is 11.9. The standard InChI is InChI=1S/C24H48O6/c1-2-3-4-5-6-7-8-9-10-11-12-13-14-15-16-17-24(29)30-23(22(28)20-26)18-21(27)19-25/h21-23,25-28H,2-20H2,1H3. The number of aliphatic hydroxyl groups excluding tert-OH is 4. The number of ether oxygens (including phenoxy) is 1. The number of esters is 1. The topological polar surface area (TPSA) is 107 Å². The van der Waals surface area contributed by atoms with Crippen LogP contribution in [0.15, 0.2) is 0 Å². The Morgan fingerprint density at radius 2 is 1.13 bits per heavy atom. The molecular weight excluding hydrogens is 384 g/mol. The molecule has 0 aliphatic rings. The highest BCUT2D eigenvalue weighted by Crippen LogP contribution is 2.15. The maximum atomic E-state index is 11.9. The highest BCUT2D eigenvalue weighted by molar-refractivity contribution is 5.69. The van der Waals surface area contributed by atoms with E-state index in [-0.39, 0.29) is 12.8 Å². The van der Waals surface area contributed by atoms with E-state index in [0.29, 0.717) is 0 Å². The van der Waals surface area contributed by atoms with Gasteiger partial charge in [-0.25, -0.2) is 0 Å². The first-order chi connectivity index (χ1) is 14.5. The summed E-state index contributed by atoms with van der Waals surface area (Å²) in [6, 6.07) is 0.